The fourth-order valence-electron chi connectivity index (χ4n) is 1.61. The number of benzene rings is 1. The van der Waals surface area contributed by atoms with Gasteiger partial charge in [-0.3, -0.25) is 4.79 Å². The summed E-state index contributed by atoms with van der Waals surface area (Å²) in [6.45, 7) is 1.81. The first-order valence-electron chi connectivity index (χ1n) is 5.78. The fraction of sp³-hybridized carbons (Fsp3) is 0.385. The van der Waals surface area contributed by atoms with Crippen LogP contribution in [0.4, 0.5) is 5.69 Å². The number of methoxy groups -OCH3 is 2. The summed E-state index contributed by atoms with van der Waals surface area (Å²) >= 11 is 0. The molecule has 1 atom stereocenters. The van der Waals surface area contributed by atoms with Gasteiger partial charge in [-0.15, -0.1) is 0 Å². The van der Waals surface area contributed by atoms with Gasteiger partial charge in [0.15, 0.2) is 0 Å². The third kappa shape index (κ3) is 3.69. The molecule has 1 amide bonds. The lowest BCUT2D eigenvalue weighted by Gasteiger charge is -2.15. The molecule has 6 heteroatoms. The average molecular weight is 267 g/mol. The second-order valence-corrected chi connectivity index (χ2v) is 3.84. The van der Waals surface area contributed by atoms with Gasteiger partial charge < -0.3 is 19.9 Å². The van der Waals surface area contributed by atoms with E-state index in [4.69, 9.17) is 14.6 Å². The summed E-state index contributed by atoms with van der Waals surface area (Å²) in [6.07, 6.45) is -0.107. The summed E-state index contributed by atoms with van der Waals surface area (Å²) in [5.74, 6) is -1.11. The molecule has 6 nitrogen and oxygen atoms in total. The molecule has 19 heavy (non-hydrogen) atoms. The number of rotatable bonds is 6. The Morgan fingerprint density at radius 1 is 1.37 bits per heavy atom. The molecular formula is C13H17NO5. The van der Waals surface area contributed by atoms with Gasteiger partial charge in [0.2, 0.25) is 0 Å². The van der Waals surface area contributed by atoms with Gasteiger partial charge in [-0.25, -0.2) is 4.79 Å². The molecule has 0 aliphatic rings. The Hall–Kier alpha value is -2.08. The van der Waals surface area contributed by atoms with Crippen LogP contribution in [0.5, 0.6) is 5.75 Å². The van der Waals surface area contributed by atoms with Crippen LogP contribution in [0.2, 0.25) is 0 Å². The molecule has 0 radical (unpaired) electrons. The maximum absolute atomic E-state index is 11.8. The minimum atomic E-state index is -1.14. The Kier molecular flexibility index (Phi) is 5.32. The van der Waals surface area contributed by atoms with E-state index in [-0.39, 0.29) is 17.2 Å². The number of aromatic carboxylic acids is 1. The standard InChI is InChI=1S/C13H17NO5/c1-4-11(19-3)12(15)14-10-6-5-8(18-2)7-9(10)13(16)17/h5-7,11H,4H2,1-3H3,(H,14,15)(H,16,17). The van der Waals surface area contributed by atoms with Crippen LogP contribution < -0.4 is 10.1 Å². The Morgan fingerprint density at radius 3 is 2.53 bits per heavy atom. The molecular weight excluding hydrogens is 250 g/mol. The zero-order chi connectivity index (χ0) is 14.4. The van der Waals surface area contributed by atoms with E-state index >= 15 is 0 Å². The lowest BCUT2D eigenvalue weighted by atomic mass is 10.1. The number of carboxylic acids is 1. The third-order valence-electron chi connectivity index (χ3n) is 2.66. The van der Waals surface area contributed by atoms with E-state index in [1.165, 1.54) is 26.4 Å². The first-order valence-corrected chi connectivity index (χ1v) is 5.78. The molecule has 2 N–H and O–H groups in total. The van der Waals surface area contributed by atoms with Crippen LogP contribution in [0.1, 0.15) is 23.7 Å². The minimum absolute atomic E-state index is 0.0290. The van der Waals surface area contributed by atoms with Crippen LogP contribution >= 0.6 is 0 Å². The van der Waals surface area contributed by atoms with Crippen LogP contribution in [0.3, 0.4) is 0 Å². The number of hydrogen-bond donors (Lipinski definition) is 2. The summed E-state index contributed by atoms with van der Waals surface area (Å²) in [5.41, 5.74) is 0.187. The SMILES string of the molecule is CCC(OC)C(=O)Nc1ccc(OC)cc1C(=O)O. The zero-order valence-electron chi connectivity index (χ0n) is 11.1. The molecule has 1 unspecified atom stereocenters. The van der Waals surface area contributed by atoms with Crippen LogP contribution in [-0.2, 0) is 9.53 Å². The van der Waals surface area contributed by atoms with Crippen molar-refractivity contribution >= 4 is 17.6 Å². The van der Waals surface area contributed by atoms with E-state index < -0.39 is 12.1 Å². The van der Waals surface area contributed by atoms with Crippen LogP contribution in [0.25, 0.3) is 0 Å². The van der Waals surface area contributed by atoms with Crippen molar-refractivity contribution < 1.29 is 24.2 Å². The number of carbonyl (C=O) groups excluding carboxylic acids is 1. The molecule has 1 rings (SSSR count). The zero-order valence-corrected chi connectivity index (χ0v) is 11.1. The predicted octanol–water partition coefficient (Wildman–Crippen LogP) is 1.76. The molecule has 0 heterocycles. The van der Waals surface area contributed by atoms with Gasteiger partial charge in [0.05, 0.1) is 18.4 Å². The maximum Gasteiger partial charge on any atom is 0.337 e. The Morgan fingerprint density at radius 2 is 2.05 bits per heavy atom. The van der Waals surface area contributed by atoms with Crippen LogP contribution in [0, 0.1) is 0 Å². The van der Waals surface area contributed by atoms with Gasteiger partial charge in [-0.05, 0) is 24.6 Å². The Balaban J connectivity index is 3.00. The van der Waals surface area contributed by atoms with Crippen molar-refractivity contribution in [3.63, 3.8) is 0 Å². The number of carboxylic acid groups (broad SMARTS) is 1. The molecule has 0 fully saturated rings. The molecule has 0 bridgehead atoms. The van der Waals surface area contributed by atoms with Gasteiger partial charge in [-0.2, -0.15) is 0 Å². The van der Waals surface area contributed by atoms with Gasteiger partial charge in [0, 0.05) is 7.11 Å². The Labute approximate surface area is 111 Å². The number of hydrogen-bond acceptors (Lipinski definition) is 4. The highest BCUT2D eigenvalue weighted by Crippen LogP contribution is 2.22. The quantitative estimate of drug-likeness (QED) is 0.820. The van der Waals surface area contributed by atoms with Crippen LogP contribution in [-0.4, -0.2) is 37.3 Å². The van der Waals surface area contributed by atoms with E-state index in [0.29, 0.717) is 12.2 Å². The molecule has 0 aliphatic heterocycles. The molecule has 0 spiro atoms. The largest absolute Gasteiger partial charge is 0.497 e. The minimum Gasteiger partial charge on any atom is -0.497 e. The van der Waals surface area contributed by atoms with E-state index in [2.05, 4.69) is 5.32 Å². The molecule has 1 aromatic carbocycles. The van der Waals surface area contributed by atoms with Gasteiger partial charge in [-0.1, -0.05) is 6.92 Å². The van der Waals surface area contributed by atoms with Crippen molar-refractivity contribution in [2.24, 2.45) is 0 Å². The van der Waals surface area contributed by atoms with Gasteiger partial charge >= 0.3 is 5.97 Å². The van der Waals surface area contributed by atoms with Crippen LogP contribution in [0.15, 0.2) is 18.2 Å². The van der Waals surface area contributed by atoms with Crippen molar-refractivity contribution in [3.8, 4) is 5.75 Å². The fourth-order valence-corrected chi connectivity index (χ4v) is 1.61. The summed E-state index contributed by atoms with van der Waals surface area (Å²) in [6, 6.07) is 4.42. The summed E-state index contributed by atoms with van der Waals surface area (Å²) in [7, 11) is 2.87. The maximum atomic E-state index is 11.8. The van der Waals surface area contributed by atoms with E-state index in [1.807, 2.05) is 0 Å². The lowest BCUT2D eigenvalue weighted by molar-refractivity contribution is -0.125. The van der Waals surface area contributed by atoms with E-state index in [0.717, 1.165) is 0 Å². The number of carbonyl (C=O) groups is 2. The molecule has 104 valence electrons. The third-order valence-corrected chi connectivity index (χ3v) is 2.66. The van der Waals surface area contributed by atoms with Crippen molar-refractivity contribution in [2.45, 2.75) is 19.4 Å². The first-order chi connectivity index (χ1) is 9.03. The second kappa shape index (κ2) is 6.75. The second-order valence-electron chi connectivity index (χ2n) is 3.84. The molecule has 0 saturated carbocycles. The average Bonchev–Trinajstić information content (AvgIpc) is 2.40. The van der Waals surface area contributed by atoms with Crippen molar-refractivity contribution in [3.05, 3.63) is 23.8 Å². The molecule has 0 aromatic heterocycles. The number of amides is 1. The van der Waals surface area contributed by atoms with Crippen molar-refractivity contribution in [1.29, 1.82) is 0 Å². The monoisotopic (exact) mass is 267 g/mol. The van der Waals surface area contributed by atoms with Crippen molar-refractivity contribution in [1.82, 2.24) is 0 Å². The smallest absolute Gasteiger partial charge is 0.337 e. The molecule has 0 saturated heterocycles. The number of nitrogens with one attached hydrogen (secondary N) is 1. The van der Waals surface area contributed by atoms with Gasteiger partial charge in [0.25, 0.3) is 5.91 Å². The highest BCUT2D eigenvalue weighted by Gasteiger charge is 2.19. The lowest BCUT2D eigenvalue weighted by Crippen LogP contribution is -2.29. The molecule has 0 aliphatic carbocycles. The van der Waals surface area contributed by atoms with E-state index in [1.54, 1.807) is 13.0 Å². The van der Waals surface area contributed by atoms with Crippen molar-refractivity contribution in [2.75, 3.05) is 19.5 Å². The number of ether oxygens (including phenoxy) is 2. The molecule has 1 aromatic rings. The topological polar surface area (TPSA) is 84.9 Å². The highest BCUT2D eigenvalue weighted by atomic mass is 16.5. The normalized spacial score (nSPS) is 11.7. The predicted molar refractivity (Wildman–Crippen MR) is 69.7 cm³/mol. The summed E-state index contributed by atoms with van der Waals surface area (Å²) in [4.78, 5) is 23.0. The first kappa shape index (κ1) is 15.0. The summed E-state index contributed by atoms with van der Waals surface area (Å²) < 4.78 is 9.95. The Bertz CT molecular complexity index is 468. The van der Waals surface area contributed by atoms with E-state index in [9.17, 15) is 9.59 Å². The number of anilines is 1. The highest BCUT2D eigenvalue weighted by molar-refractivity contribution is 6.02. The summed E-state index contributed by atoms with van der Waals surface area (Å²) in [5, 5.41) is 11.7. The van der Waals surface area contributed by atoms with Gasteiger partial charge in [0.1, 0.15) is 11.9 Å².